The molecule has 0 radical (unpaired) electrons. The second kappa shape index (κ2) is 4.77. The maximum Gasteiger partial charge on any atom is 0.331 e. The third-order valence-corrected chi connectivity index (χ3v) is 3.31. The van der Waals surface area contributed by atoms with E-state index in [1.165, 1.54) is 21.4 Å². The highest BCUT2D eigenvalue weighted by atomic mass is 16.2. The number of hydrogen-bond donors (Lipinski definition) is 0. The van der Waals surface area contributed by atoms with Crippen molar-refractivity contribution in [2.45, 2.75) is 6.54 Å². The van der Waals surface area contributed by atoms with Crippen molar-refractivity contribution in [3.05, 3.63) is 75.2 Å². The van der Waals surface area contributed by atoms with Gasteiger partial charge in [0.2, 0.25) is 0 Å². The zero-order valence-electron chi connectivity index (χ0n) is 11.0. The van der Waals surface area contributed by atoms with Gasteiger partial charge in [0.15, 0.2) is 0 Å². The first kappa shape index (κ1) is 12.3. The van der Waals surface area contributed by atoms with Crippen LogP contribution in [0.1, 0.15) is 5.56 Å². The molecule has 3 aromatic rings. The van der Waals surface area contributed by atoms with E-state index in [1.807, 2.05) is 30.3 Å². The van der Waals surface area contributed by atoms with Crippen molar-refractivity contribution in [2.75, 3.05) is 0 Å². The Bertz CT molecular complexity index is 888. The third kappa shape index (κ3) is 2.03. The van der Waals surface area contributed by atoms with E-state index in [0.717, 1.165) is 16.5 Å². The van der Waals surface area contributed by atoms with Crippen molar-refractivity contribution in [3.8, 4) is 0 Å². The maximum atomic E-state index is 12.0. The molecule has 2 heterocycles. The molecule has 3 rings (SSSR count). The Morgan fingerprint density at radius 3 is 2.75 bits per heavy atom. The monoisotopic (exact) mass is 267 g/mol. The van der Waals surface area contributed by atoms with E-state index in [1.54, 1.807) is 13.2 Å². The predicted octanol–water partition coefficient (Wildman–Crippen LogP) is 1.14. The molecule has 0 aliphatic rings. The second-order valence-corrected chi connectivity index (χ2v) is 4.62. The molecule has 0 N–H and O–H groups in total. The molecule has 100 valence electrons. The van der Waals surface area contributed by atoms with Crippen LogP contribution in [0.2, 0.25) is 0 Å². The zero-order valence-corrected chi connectivity index (χ0v) is 11.0. The highest BCUT2D eigenvalue weighted by Crippen LogP contribution is 2.16. The number of para-hydroxylation sites is 1. The van der Waals surface area contributed by atoms with Gasteiger partial charge in [-0.1, -0.05) is 18.2 Å². The molecule has 0 bridgehead atoms. The smallest absolute Gasteiger partial charge is 0.303 e. The van der Waals surface area contributed by atoms with Crippen LogP contribution in [0, 0.1) is 0 Å². The first-order valence-corrected chi connectivity index (χ1v) is 6.26. The largest absolute Gasteiger partial charge is 0.331 e. The standard InChI is InChI=1S/C15H13N3O2/c1-17-9-7-14(19)18(15(17)20)10-11-6-8-16-13-5-3-2-4-12(11)13/h2-9H,10H2,1H3. The molecule has 0 amide bonds. The van der Waals surface area contributed by atoms with Crippen LogP contribution in [0.25, 0.3) is 10.9 Å². The highest BCUT2D eigenvalue weighted by molar-refractivity contribution is 5.81. The topological polar surface area (TPSA) is 56.9 Å². The minimum absolute atomic E-state index is 0.245. The van der Waals surface area contributed by atoms with Crippen LogP contribution >= 0.6 is 0 Å². The van der Waals surface area contributed by atoms with E-state index < -0.39 is 0 Å². The zero-order chi connectivity index (χ0) is 14.1. The maximum absolute atomic E-state index is 12.0. The number of nitrogens with zero attached hydrogens (tertiary/aromatic N) is 3. The van der Waals surface area contributed by atoms with Crippen LogP contribution < -0.4 is 11.2 Å². The molecule has 0 unspecified atom stereocenters. The van der Waals surface area contributed by atoms with Gasteiger partial charge in [0.05, 0.1) is 12.1 Å². The van der Waals surface area contributed by atoms with Crippen molar-refractivity contribution in [2.24, 2.45) is 7.05 Å². The number of pyridine rings is 1. The molecule has 0 fully saturated rings. The molecule has 5 nitrogen and oxygen atoms in total. The molecular weight excluding hydrogens is 254 g/mol. The summed E-state index contributed by atoms with van der Waals surface area (Å²) in [5, 5.41) is 0.952. The molecule has 2 aromatic heterocycles. The minimum atomic E-state index is -0.321. The van der Waals surface area contributed by atoms with E-state index in [9.17, 15) is 9.59 Å². The number of hydrogen-bond acceptors (Lipinski definition) is 3. The van der Waals surface area contributed by atoms with Crippen LogP contribution in [0.15, 0.2) is 58.4 Å². The quantitative estimate of drug-likeness (QED) is 0.699. The number of aryl methyl sites for hydroxylation is 1. The van der Waals surface area contributed by atoms with E-state index in [2.05, 4.69) is 4.98 Å². The van der Waals surface area contributed by atoms with Gasteiger partial charge >= 0.3 is 5.69 Å². The summed E-state index contributed by atoms with van der Waals surface area (Å²) in [6, 6.07) is 10.9. The molecule has 1 aromatic carbocycles. The lowest BCUT2D eigenvalue weighted by Crippen LogP contribution is -2.38. The summed E-state index contributed by atoms with van der Waals surface area (Å²) in [4.78, 5) is 28.2. The average Bonchev–Trinajstić information content (AvgIpc) is 2.48. The lowest BCUT2D eigenvalue weighted by molar-refractivity contribution is 0.641. The Labute approximate surface area is 114 Å². The van der Waals surface area contributed by atoms with E-state index in [4.69, 9.17) is 0 Å². The van der Waals surface area contributed by atoms with E-state index in [-0.39, 0.29) is 17.8 Å². The highest BCUT2D eigenvalue weighted by Gasteiger charge is 2.07. The molecule has 20 heavy (non-hydrogen) atoms. The Balaban J connectivity index is 2.18. The third-order valence-electron chi connectivity index (χ3n) is 3.31. The van der Waals surface area contributed by atoms with Crippen LogP contribution in [-0.4, -0.2) is 14.1 Å². The molecular formula is C15H13N3O2. The van der Waals surface area contributed by atoms with Gasteiger partial charge in [0.1, 0.15) is 0 Å². The number of rotatable bonds is 2. The molecule has 0 atom stereocenters. The summed E-state index contributed by atoms with van der Waals surface area (Å²) < 4.78 is 2.62. The van der Waals surface area contributed by atoms with Crippen LogP contribution in [0.4, 0.5) is 0 Å². The SMILES string of the molecule is Cn1ccc(=O)n(Cc2ccnc3ccccc23)c1=O. The van der Waals surface area contributed by atoms with E-state index >= 15 is 0 Å². The Morgan fingerprint density at radius 1 is 1.10 bits per heavy atom. The lowest BCUT2D eigenvalue weighted by Gasteiger charge is -2.08. The van der Waals surface area contributed by atoms with Crippen molar-refractivity contribution in [1.82, 2.24) is 14.1 Å². The first-order valence-electron chi connectivity index (χ1n) is 6.26. The summed E-state index contributed by atoms with van der Waals surface area (Å²) in [6.07, 6.45) is 3.17. The molecule has 0 aliphatic carbocycles. The summed E-state index contributed by atoms with van der Waals surface area (Å²) >= 11 is 0. The van der Waals surface area contributed by atoms with Gasteiger partial charge in [-0.05, 0) is 17.7 Å². The molecule has 0 spiro atoms. The lowest BCUT2D eigenvalue weighted by atomic mass is 10.1. The van der Waals surface area contributed by atoms with Gasteiger partial charge in [0.25, 0.3) is 5.56 Å². The van der Waals surface area contributed by atoms with Crippen molar-refractivity contribution >= 4 is 10.9 Å². The fraction of sp³-hybridized carbons (Fsp3) is 0.133. The van der Waals surface area contributed by atoms with Gasteiger partial charge in [-0.2, -0.15) is 0 Å². The summed E-state index contributed by atoms with van der Waals surface area (Å²) in [5.41, 5.74) is 1.14. The molecule has 0 saturated heterocycles. The van der Waals surface area contributed by atoms with Gasteiger partial charge in [-0.3, -0.25) is 14.3 Å². The average molecular weight is 267 g/mol. The Kier molecular flexibility index (Phi) is 2.95. The van der Waals surface area contributed by atoms with Crippen LogP contribution in [0.5, 0.6) is 0 Å². The Hall–Kier alpha value is -2.69. The molecule has 0 aliphatic heterocycles. The molecule has 5 heteroatoms. The molecule has 0 saturated carbocycles. The van der Waals surface area contributed by atoms with Gasteiger partial charge in [-0.15, -0.1) is 0 Å². The Morgan fingerprint density at radius 2 is 1.90 bits per heavy atom. The summed E-state index contributed by atoms with van der Waals surface area (Å²) in [6.45, 7) is 0.245. The fourth-order valence-electron chi connectivity index (χ4n) is 2.22. The number of benzene rings is 1. The summed E-state index contributed by atoms with van der Waals surface area (Å²) in [5.74, 6) is 0. The van der Waals surface area contributed by atoms with Gasteiger partial charge < -0.3 is 4.57 Å². The number of fused-ring (bicyclic) bond motifs is 1. The van der Waals surface area contributed by atoms with Crippen molar-refractivity contribution in [1.29, 1.82) is 0 Å². The van der Waals surface area contributed by atoms with E-state index in [0.29, 0.717) is 0 Å². The van der Waals surface area contributed by atoms with Crippen LogP contribution in [0.3, 0.4) is 0 Å². The van der Waals surface area contributed by atoms with Crippen molar-refractivity contribution in [3.63, 3.8) is 0 Å². The predicted molar refractivity (Wildman–Crippen MR) is 76.8 cm³/mol. The van der Waals surface area contributed by atoms with Crippen LogP contribution in [-0.2, 0) is 13.6 Å². The van der Waals surface area contributed by atoms with Crippen molar-refractivity contribution < 1.29 is 0 Å². The minimum Gasteiger partial charge on any atom is -0.303 e. The normalized spacial score (nSPS) is 10.8. The first-order chi connectivity index (χ1) is 9.66. The fourth-order valence-corrected chi connectivity index (χ4v) is 2.22. The van der Waals surface area contributed by atoms with Gasteiger partial charge in [0, 0.05) is 30.9 Å². The second-order valence-electron chi connectivity index (χ2n) is 4.62. The summed E-state index contributed by atoms with van der Waals surface area (Å²) in [7, 11) is 1.63. The van der Waals surface area contributed by atoms with Gasteiger partial charge in [-0.25, -0.2) is 4.79 Å². The number of aromatic nitrogens is 3.